The summed E-state index contributed by atoms with van der Waals surface area (Å²) >= 11 is 3.12. The topological polar surface area (TPSA) is 33.5 Å². The quantitative estimate of drug-likeness (QED) is 0.706. The van der Waals surface area contributed by atoms with Crippen molar-refractivity contribution in [1.82, 2.24) is 4.90 Å². The fraction of sp³-hybridized carbons (Fsp3) is 0.133. The largest absolute Gasteiger partial charge is 0.467 e. The number of hydrogen-bond donors (Lipinski definition) is 0. The first kappa shape index (κ1) is 13.1. The molecule has 3 aromatic heterocycles. The zero-order valence-electron chi connectivity index (χ0n) is 10.7. The summed E-state index contributed by atoms with van der Waals surface area (Å²) in [5, 5.41) is 3.94. The monoisotopic (exact) mass is 303 g/mol. The van der Waals surface area contributed by atoms with Gasteiger partial charge in [-0.15, -0.1) is 22.7 Å². The number of furan rings is 1. The maximum atomic E-state index is 12.6. The molecule has 0 spiro atoms. The van der Waals surface area contributed by atoms with Crippen LogP contribution in [-0.2, 0) is 13.1 Å². The van der Waals surface area contributed by atoms with Crippen LogP contribution < -0.4 is 0 Å². The van der Waals surface area contributed by atoms with E-state index in [9.17, 15) is 4.79 Å². The third-order valence-corrected chi connectivity index (χ3v) is 4.59. The Bertz CT molecular complexity index is 606. The molecule has 0 saturated carbocycles. The van der Waals surface area contributed by atoms with E-state index < -0.39 is 0 Å². The summed E-state index contributed by atoms with van der Waals surface area (Å²) in [6.45, 7) is 1.09. The summed E-state index contributed by atoms with van der Waals surface area (Å²) in [5.41, 5.74) is 0. The smallest absolute Gasteiger partial charge is 0.264 e. The minimum absolute atomic E-state index is 0.0461. The fourth-order valence-corrected chi connectivity index (χ4v) is 3.35. The minimum Gasteiger partial charge on any atom is -0.467 e. The van der Waals surface area contributed by atoms with Crippen molar-refractivity contribution >= 4 is 28.6 Å². The number of nitrogens with zero attached hydrogens (tertiary/aromatic N) is 1. The van der Waals surface area contributed by atoms with Gasteiger partial charge < -0.3 is 9.32 Å². The van der Waals surface area contributed by atoms with Crippen LogP contribution in [0.2, 0.25) is 0 Å². The van der Waals surface area contributed by atoms with Crippen molar-refractivity contribution in [2.75, 3.05) is 0 Å². The molecule has 0 aliphatic carbocycles. The average Bonchev–Trinajstić information content (AvgIpc) is 3.20. The molecule has 0 saturated heterocycles. The maximum absolute atomic E-state index is 12.6. The highest BCUT2D eigenvalue weighted by Gasteiger charge is 2.18. The fourth-order valence-electron chi connectivity index (χ4n) is 1.94. The molecule has 3 rings (SSSR count). The van der Waals surface area contributed by atoms with E-state index in [1.54, 1.807) is 17.6 Å². The van der Waals surface area contributed by atoms with Gasteiger partial charge in [-0.25, -0.2) is 0 Å². The molecule has 3 nitrogen and oxygen atoms in total. The standard InChI is InChI=1S/C15H13NO2S2/c17-15(14-6-3-9-20-14)16(10-12-4-1-7-18-12)11-13-5-2-8-19-13/h1-9H,10-11H2. The average molecular weight is 303 g/mol. The van der Waals surface area contributed by atoms with Crippen LogP contribution in [0.4, 0.5) is 0 Å². The van der Waals surface area contributed by atoms with E-state index in [1.165, 1.54) is 16.2 Å². The molecule has 0 radical (unpaired) electrons. The highest BCUT2D eigenvalue weighted by atomic mass is 32.1. The van der Waals surface area contributed by atoms with Crippen molar-refractivity contribution in [3.05, 3.63) is 68.9 Å². The first-order chi connectivity index (χ1) is 9.83. The molecule has 0 bridgehead atoms. The molecular formula is C15H13NO2S2. The van der Waals surface area contributed by atoms with Crippen LogP contribution in [0.15, 0.2) is 57.8 Å². The number of amides is 1. The Hall–Kier alpha value is -1.85. The van der Waals surface area contributed by atoms with E-state index in [0.29, 0.717) is 13.1 Å². The van der Waals surface area contributed by atoms with E-state index in [1.807, 2.05) is 52.1 Å². The van der Waals surface area contributed by atoms with E-state index in [0.717, 1.165) is 10.6 Å². The lowest BCUT2D eigenvalue weighted by Crippen LogP contribution is -2.29. The van der Waals surface area contributed by atoms with E-state index in [2.05, 4.69) is 0 Å². The number of carbonyl (C=O) groups is 1. The first-order valence-electron chi connectivity index (χ1n) is 6.20. The van der Waals surface area contributed by atoms with Crippen molar-refractivity contribution < 1.29 is 9.21 Å². The zero-order valence-corrected chi connectivity index (χ0v) is 12.3. The molecule has 0 unspecified atom stereocenters. The van der Waals surface area contributed by atoms with Crippen molar-refractivity contribution in [1.29, 1.82) is 0 Å². The molecule has 5 heteroatoms. The molecule has 0 atom stereocenters. The molecule has 0 aromatic carbocycles. The predicted molar refractivity (Wildman–Crippen MR) is 80.9 cm³/mol. The van der Waals surface area contributed by atoms with Gasteiger partial charge in [-0.05, 0) is 35.0 Å². The van der Waals surface area contributed by atoms with E-state index >= 15 is 0 Å². The minimum atomic E-state index is 0.0461. The Morgan fingerprint density at radius 3 is 2.55 bits per heavy atom. The molecule has 1 amide bonds. The summed E-state index contributed by atoms with van der Waals surface area (Å²) in [4.78, 5) is 16.3. The SMILES string of the molecule is O=C(c1cccs1)N(Cc1ccco1)Cc1cccs1. The van der Waals surface area contributed by atoms with Crippen molar-refractivity contribution in [3.63, 3.8) is 0 Å². The van der Waals surface area contributed by atoms with Gasteiger partial charge in [0, 0.05) is 4.88 Å². The Morgan fingerprint density at radius 2 is 1.90 bits per heavy atom. The number of hydrogen-bond acceptors (Lipinski definition) is 4. The highest BCUT2D eigenvalue weighted by Crippen LogP contribution is 2.19. The highest BCUT2D eigenvalue weighted by molar-refractivity contribution is 7.12. The first-order valence-corrected chi connectivity index (χ1v) is 7.96. The summed E-state index contributed by atoms with van der Waals surface area (Å²) in [6, 6.07) is 11.5. The summed E-state index contributed by atoms with van der Waals surface area (Å²) < 4.78 is 5.36. The van der Waals surface area contributed by atoms with Gasteiger partial charge in [0.25, 0.3) is 5.91 Å². The van der Waals surface area contributed by atoms with Crippen LogP contribution in [0, 0.1) is 0 Å². The van der Waals surface area contributed by atoms with Gasteiger partial charge in [0.05, 0.1) is 24.2 Å². The summed E-state index contributed by atoms with van der Waals surface area (Å²) in [5.74, 6) is 0.844. The Labute approximate surface area is 125 Å². The molecule has 3 heterocycles. The van der Waals surface area contributed by atoms with Gasteiger partial charge in [0.15, 0.2) is 0 Å². The molecule has 102 valence electrons. The molecule has 0 aliphatic heterocycles. The van der Waals surface area contributed by atoms with Crippen LogP contribution in [0.25, 0.3) is 0 Å². The molecule has 0 aliphatic rings. The van der Waals surface area contributed by atoms with Crippen LogP contribution in [0.5, 0.6) is 0 Å². The van der Waals surface area contributed by atoms with Gasteiger partial charge in [-0.2, -0.15) is 0 Å². The lowest BCUT2D eigenvalue weighted by molar-refractivity contribution is 0.0724. The van der Waals surface area contributed by atoms with Crippen LogP contribution >= 0.6 is 22.7 Å². The Kier molecular flexibility index (Phi) is 3.99. The third kappa shape index (κ3) is 3.00. The molecule has 0 N–H and O–H groups in total. The van der Waals surface area contributed by atoms with Gasteiger partial charge in [0.2, 0.25) is 0 Å². The predicted octanol–water partition coefficient (Wildman–Crippen LogP) is 4.25. The van der Waals surface area contributed by atoms with Crippen LogP contribution in [0.1, 0.15) is 20.3 Å². The van der Waals surface area contributed by atoms with Crippen LogP contribution in [-0.4, -0.2) is 10.8 Å². The van der Waals surface area contributed by atoms with Crippen molar-refractivity contribution in [2.45, 2.75) is 13.1 Å². The maximum Gasteiger partial charge on any atom is 0.264 e. The van der Waals surface area contributed by atoms with Crippen molar-refractivity contribution in [3.8, 4) is 0 Å². The molecule has 0 fully saturated rings. The number of thiophene rings is 2. The Morgan fingerprint density at radius 1 is 1.05 bits per heavy atom. The van der Waals surface area contributed by atoms with Crippen LogP contribution in [0.3, 0.4) is 0 Å². The second-order valence-corrected chi connectivity index (χ2v) is 6.28. The summed E-state index contributed by atoms with van der Waals surface area (Å²) in [7, 11) is 0. The van der Waals surface area contributed by atoms with Gasteiger partial charge in [-0.1, -0.05) is 12.1 Å². The second-order valence-electron chi connectivity index (χ2n) is 4.30. The summed E-state index contributed by atoms with van der Waals surface area (Å²) in [6.07, 6.45) is 1.63. The Balaban J connectivity index is 1.81. The zero-order chi connectivity index (χ0) is 13.8. The molecule has 3 aromatic rings. The number of carbonyl (C=O) groups excluding carboxylic acids is 1. The molecular weight excluding hydrogens is 290 g/mol. The number of rotatable bonds is 5. The lowest BCUT2D eigenvalue weighted by atomic mass is 10.3. The van der Waals surface area contributed by atoms with Gasteiger partial charge in [0.1, 0.15) is 5.76 Å². The van der Waals surface area contributed by atoms with E-state index in [4.69, 9.17) is 4.42 Å². The normalized spacial score (nSPS) is 10.6. The van der Waals surface area contributed by atoms with Gasteiger partial charge in [-0.3, -0.25) is 4.79 Å². The van der Waals surface area contributed by atoms with Gasteiger partial charge >= 0.3 is 0 Å². The van der Waals surface area contributed by atoms with Crippen molar-refractivity contribution in [2.24, 2.45) is 0 Å². The molecule has 20 heavy (non-hydrogen) atoms. The second kappa shape index (κ2) is 6.07. The van der Waals surface area contributed by atoms with E-state index in [-0.39, 0.29) is 5.91 Å². The lowest BCUT2D eigenvalue weighted by Gasteiger charge is -2.20. The third-order valence-electron chi connectivity index (χ3n) is 2.87.